The molecule has 0 unspecified atom stereocenters. The molecule has 1 heterocycles. The Morgan fingerprint density at radius 2 is 1.95 bits per heavy atom. The number of carbonyl (C=O) groups is 1. The fourth-order valence-electron chi connectivity index (χ4n) is 2.39. The summed E-state index contributed by atoms with van der Waals surface area (Å²) in [6, 6.07) is 4.19. The topological polar surface area (TPSA) is 35.6 Å². The van der Waals surface area contributed by atoms with Gasteiger partial charge in [-0.25, -0.2) is 4.39 Å². The summed E-state index contributed by atoms with van der Waals surface area (Å²) in [4.78, 5) is 16.6. The molecular formula is C15H21ClFN3O. The van der Waals surface area contributed by atoms with Crippen molar-refractivity contribution in [2.75, 3.05) is 44.6 Å². The first-order valence-corrected chi connectivity index (χ1v) is 7.66. The van der Waals surface area contributed by atoms with Crippen molar-refractivity contribution in [2.45, 2.75) is 13.3 Å². The zero-order chi connectivity index (χ0) is 15.2. The van der Waals surface area contributed by atoms with Crippen LogP contribution in [0.3, 0.4) is 0 Å². The van der Waals surface area contributed by atoms with E-state index >= 15 is 0 Å². The molecule has 6 heteroatoms. The molecule has 1 aliphatic heterocycles. The van der Waals surface area contributed by atoms with Crippen LogP contribution in [0.5, 0.6) is 0 Å². The second-order valence-electron chi connectivity index (χ2n) is 5.20. The number of halogens is 2. The molecule has 0 atom stereocenters. The second kappa shape index (κ2) is 7.73. The molecule has 1 aromatic carbocycles. The smallest absolute Gasteiger partial charge is 0.225 e. The van der Waals surface area contributed by atoms with Gasteiger partial charge in [0.1, 0.15) is 5.82 Å². The van der Waals surface area contributed by atoms with Crippen molar-refractivity contribution < 1.29 is 9.18 Å². The van der Waals surface area contributed by atoms with Gasteiger partial charge in [0.25, 0.3) is 0 Å². The molecule has 1 amide bonds. The van der Waals surface area contributed by atoms with E-state index < -0.39 is 5.82 Å². The van der Waals surface area contributed by atoms with Crippen LogP contribution >= 0.6 is 11.6 Å². The van der Waals surface area contributed by atoms with E-state index in [1.807, 2.05) is 0 Å². The van der Waals surface area contributed by atoms with Crippen LogP contribution in [-0.2, 0) is 4.79 Å². The van der Waals surface area contributed by atoms with Crippen LogP contribution in [0.15, 0.2) is 18.2 Å². The largest absolute Gasteiger partial charge is 0.326 e. The van der Waals surface area contributed by atoms with Crippen molar-refractivity contribution in [3.8, 4) is 0 Å². The Bertz CT molecular complexity index is 490. The summed E-state index contributed by atoms with van der Waals surface area (Å²) in [7, 11) is 0. The summed E-state index contributed by atoms with van der Waals surface area (Å²) in [5.74, 6) is -0.556. The standard InChI is InChI=1S/C15H21ClFN3O/c1-2-19-7-9-20(10-8-19)6-5-15(21)18-12-3-4-14(17)13(16)11-12/h3-4,11H,2,5-10H2,1H3,(H,18,21). The van der Waals surface area contributed by atoms with Gasteiger partial charge in [0.15, 0.2) is 0 Å². The minimum atomic E-state index is -0.483. The maximum atomic E-state index is 13.0. The number of likely N-dealkylation sites (N-methyl/N-ethyl adjacent to an activating group) is 1. The van der Waals surface area contributed by atoms with Gasteiger partial charge < -0.3 is 15.1 Å². The highest BCUT2D eigenvalue weighted by Crippen LogP contribution is 2.19. The van der Waals surface area contributed by atoms with Crippen molar-refractivity contribution in [1.82, 2.24) is 9.80 Å². The number of benzene rings is 1. The quantitative estimate of drug-likeness (QED) is 0.907. The monoisotopic (exact) mass is 313 g/mol. The van der Waals surface area contributed by atoms with Gasteiger partial charge in [-0.15, -0.1) is 0 Å². The van der Waals surface area contributed by atoms with Crippen LogP contribution in [0.25, 0.3) is 0 Å². The first-order chi connectivity index (χ1) is 10.1. The number of carbonyl (C=O) groups excluding carboxylic acids is 1. The number of nitrogens with one attached hydrogen (secondary N) is 1. The molecule has 1 aliphatic rings. The number of nitrogens with zero attached hydrogens (tertiary/aromatic N) is 2. The molecule has 0 saturated carbocycles. The SMILES string of the molecule is CCN1CCN(CCC(=O)Nc2ccc(F)c(Cl)c2)CC1. The van der Waals surface area contributed by atoms with Gasteiger partial charge in [0.05, 0.1) is 5.02 Å². The molecular weight excluding hydrogens is 293 g/mol. The molecule has 0 aromatic heterocycles. The third kappa shape index (κ3) is 4.95. The summed E-state index contributed by atoms with van der Waals surface area (Å²) < 4.78 is 13.0. The minimum absolute atomic E-state index is 0.0171. The molecule has 116 valence electrons. The molecule has 0 bridgehead atoms. The number of piperazine rings is 1. The van der Waals surface area contributed by atoms with Crippen LogP contribution in [0.1, 0.15) is 13.3 Å². The number of hydrogen-bond donors (Lipinski definition) is 1. The van der Waals surface area contributed by atoms with Crippen LogP contribution in [-0.4, -0.2) is 55.0 Å². The van der Waals surface area contributed by atoms with E-state index in [4.69, 9.17) is 11.6 Å². The van der Waals surface area contributed by atoms with Crippen LogP contribution in [0.2, 0.25) is 5.02 Å². The van der Waals surface area contributed by atoms with Crippen molar-refractivity contribution in [3.63, 3.8) is 0 Å². The summed E-state index contributed by atoms with van der Waals surface area (Å²) in [6.45, 7) is 8.12. The third-order valence-corrected chi connectivity index (χ3v) is 4.06. The lowest BCUT2D eigenvalue weighted by atomic mass is 10.2. The maximum Gasteiger partial charge on any atom is 0.225 e. The highest BCUT2D eigenvalue weighted by molar-refractivity contribution is 6.31. The van der Waals surface area contributed by atoms with Gasteiger partial charge in [0.2, 0.25) is 5.91 Å². The molecule has 1 aromatic rings. The van der Waals surface area contributed by atoms with Gasteiger partial charge >= 0.3 is 0 Å². The number of anilines is 1. The van der Waals surface area contributed by atoms with Gasteiger partial charge in [-0.3, -0.25) is 4.79 Å². The van der Waals surface area contributed by atoms with E-state index in [2.05, 4.69) is 22.0 Å². The highest BCUT2D eigenvalue weighted by atomic mass is 35.5. The molecule has 0 radical (unpaired) electrons. The average Bonchev–Trinajstić information content (AvgIpc) is 2.49. The molecule has 4 nitrogen and oxygen atoms in total. The lowest BCUT2D eigenvalue weighted by Gasteiger charge is -2.33. The number of amides is 1. The highest BCUT2D eigenvalue weighted by Gasteiger charge is 2.16. The van der Waals surface area contributed by atoms with E-state index in [0.717, 1.165) is 39.3 Å². The van der Waals surface area contributed by atoms with Crippen molar-refractivity contribution >= 4 is 23.2 Å². The van der Waals surface area contributed by atoms with Gasteiger partial charge in [-0.05, 0) is 24.7 Å². The molecule has 2 rings (SSSR count). The fraction of sp³-hybridized carbons (Fsp3) is 0.533. The Morgan fingerprint density at radius 3 is 2.57 bits per heavy atom. The molecule has 1 saturated heterocycles. The normalized spacial score (nSPS) is 16.9. The maximum absolute atomic E-state index is 13.0. The van der Waals surface area contributed by atoms with Gasteiger partial charge in [0, 0.05) is 44.8 Å². The lowest BCUT2D eigenvalue weighted by molar-refractivity contribution is -0.116. The predicted octanol–water partition coefficient (Wildman–Crippen LogP) is 2.45. The summed E-state index contributed by atoms with van der Waals surface area (Å²) in [5.41, 5.74) is 0.530. The fourth-order valence-corrected chi connectivity index (χ4v) is 2.57. The minimum Gasteiger partial charge on any atom is -0.326 e. The Balaban J connectivity index is 1.73. The Kier molecular flexibility index (Phi) is 5.96. The summed E-state index contributed by atoms with van der Waals surface area (Å²) in [5, 5.41) is 2.76. The first-order valence-electron chi connectivity index (χ1n) is 7.28. The van der Waals surface area contributed by atoms with Crippen molar-refractivity contribution in [3.05, 3.63) is 29.0 Å². The summed E-state index contributed by atoms with van der Waals surface area (Å²) >= 11 is 5.68. The van der Waals surface area contributed by atoms with E-state index in [-0.39, 0.29) is 10.9 Å². The Hall–Kier alpha value is -1.17. The van der Waals surface area contributed by atoms with Crippen LogP contribution in [0.4, 0.5) is 10.1 Å². The molecule has 0 spiro atoms. The average molecular weight is 314 g/mol. The predicted molar refractivity (Wildman–Crippen MR) is 83.2 cm³/mol. The van der Waals surface area contributed by atoms with Gasteiger partial charge in [-0.1, -0.05) is 18.5 Å². The Morgan fingerprint density at radius 1 is 1.29 bits per heavy atom. The second-order valence-corrected chi connectivity index (χ2v) is 5.61. The zero-order valence-corrected chi connectivity index (χ0v) is 13.0. The first kappa shape index (κ1) is 16.2. The lowest BCUT2D eigenvalue weighted by Crippen LogP contribution is -2.46. The molecule has 21 heavy (non-hydrogen) atoms. The van der Waals surface area contributed by atoms with Crippen LogP contribution in [0, 0.1) is 5.82 Å². The van der Waals surface area contributed by atoms with E-state index in [0.29, 0.717) is 12.1 Å². The van der Waals surface area contributed by atoms with E-state index in [9.17, 15) is 9.18 Å². The third-order valence-electron chi connectivity index (χ3n) is 3.77. The molecule has 1 N–H and O–H groups in total. The van der Waals surface area contributed by atoms with Gasteiger partial charge in [-0.2, -0.15) is 0 Å². The van der Waals surface area contributed by atoms with Crippen molar-refractivity contribution in [2.24, 2.45) is 0 Å². The van der Waals surface area contributed by atoms with Crippen LogP contribution < -0.4 is 5.32 Å². The number of hydrogen-bond acceptors (Lipinski definition) is 3. The van der Waals surface area contributed by atoms with E-state index in [1.165, 1.54) is 18.2 Å². The Labute approximate surface area is 129 Å². The van der Waals surface area contributed by atoms with Crippen molar-refractivity contribution in [1.29, 1.82) is 0 Å². The molecule has 1 fully saturated rings. The summed E-state index contributed by atoms with van der Waals surface area (Å²) in [6.07, 6.45) is 0.432. The number of rotatable bonds is 5. The van der Waals surface area contributed by atoms with E-state index in [1.54, 1.807) is 0 Å². The zero-order valence-electron chi connectivity index (χ0n) is 12.2. The molecule has 0 aliphatic carbocycles.